The number of fused-ring (bicyclic) bond motifs is 1. The number of aromatic amines is 1. The highest BCUT2D eigenvalue weighted by Crippen LogP contribution is 2.25. The van der Waals surface area contributed by atoms with Gasteiger partial charge in [0.2, 0.25) is 0 Å². The van der Waals surface area contributed by atoms with Gasteiger partial charge in [0, 0.05) is 28.2 Å². The molecule has 2 heterocycles. The van der Waals surface area contributed by atoms with E-state index in [2.05, 4.69) is 47.1 Å². The maximum Gasteiger partial charge on any atom is 0.258 e. The van der Waals surface area contributed by atoms with E-state index in [4.69, 9.17) is 0 Å². The molecule has 128 valence electrons. The molecule has 2 aromatic rings. The smallest absolute Gasteiger partial charge is 0.258 e. The molecule has 6 heteroatoms. The van der Waals surface area contributed by atoms with Gasteiger partial charge in [-0.25, -0.2) is 10.9 Å². The lowest BCUT2D eigenvalue weighted by Crippen LogP contribution is -2.43. The zero-order valence-corrected chi connectivity index (χ0v) is 14.6. The average molecular weight is 327 g/mol. The number of benzene rings is 1. The van der Waals surface area contributed by atoms with Crippen LogP contribution in [-0.4, -0.2) is 29.2 Å². The number of aromatic nitrogens is 1. The number of hydrazine groups is 1. The third kappa shape index (κ3) is 3.34. The van der Waals surface area contributed by atoms with Crippen LogP contribution in [0.2, 0.25) is 0 Å². The van der Waals surface area contributed by atoms with Crippen molar-refractivity contribution in [2.24, 2.45) is 10.5 Å². The number of hydrogen-bond donors (Lipinski definition) is 4. The number of rotatable bonds is 3. The summed E-state index contributed by atoms with van der Waals surface area (Å²) in [5.74, 6) is -0.122. The van der Waals surface area contributed by atoms with Crippen molar-refractivity contribution in [3.8, 4) is 0 Å². The quantitative estimate of drug-likeness (QED) is 0.515. The van der Waals surface area contributed by atoms with Gasteiger partial charge in [0.25, 0.3) is 5.91 Å². The topological polar surface area (TPSA) is 81.3 Å². The molecule has 1 fully saturated rings. The summed E-state index contributed by atoms with van der Waals surface area (Å²) < 4.78 is 0. The first kappa shape index (κ1) is 16.7. The molecule has 0 bridgehead atoms. The zero-order chi connectivity index (χ0) is 17.3. The Morgan fingerprint density at radius 2 is 2.04 bits per heavy atom. The van der Waals surface area contributed by atoms with E-state index in [0.29, 0.717) is 0 Å². The van der Waals surface area contributed by atoms with E-state index in [0.717, 1.165) is 28.6 Å². The molecule has 1 aliphatic rings. The van der Waals surface area contributed by atoms with Crippen molar-refractivity contribution in [1.82, 2.24) is 21.3 Å². The Morgan fingerprint density at radius 3 is 2.75 bits per heavy atom. The highest BCUT2D eigenvalue weighted by Gasteiger charge is 2.35. The van der Waals surface area contributed by atoms with Gasteiger partial charge in [-0.3, -0.25) is 10.2 Å². The van der Waals surface area contributed by atoms with Gasteiger partial charge in [-0.15, -0.1) is 0 Å². The standard InChI is InChI=1S/C18H25N5O/c1-11-13(12-7-5-6-8-14(12)20-11)10-19-23-17(24)15-9-16(22-21-15)18(2,3)4/h5-8,10,15-16,20-22H,9H2,1-4H3,(H,23,24)/b19-10+. The van der Waals surface area contributed by atoms with Crippen molar-refractivity contribution < 1.29 is 4.79 Å². The predicted molar refractivity (Wildman–Crippen MR) is 96.7 cm³/mol. The molecule has 1 aliphatic heterocycles. The van der Waals surface area contributed by atoms with Gasteiger partial charge >= 0.3 is 0 Å². The van der Waals surface area contributed by atoms with Gasteiger partial charge in [-0.2, -0.15) is 5.10 Å². The fourth-order valence-corrected chi connectivity index (χ4v) is 3.00. The summed E-state index contributed by atoms with van der Waals surface area (Å²) in [6.07, 6.45) is 2.45. The Bertz CT molecular complexity index is 771. The van der Waals surface area contributed by atoms with Crippen LogP contribution in [0.1, 0.15) is 38.4 Å². The van der Waals surface area contributed by atoms with Crippen molar-refractivity contribution >= 4 is 23.0 Å². The molecule has 6 nitrogen and oxygen atoms in total. The SMILES string of the molecule is Cc1[nH]c2ccccc2c1/C=N/NC(=O)C1CC(C(C)(C)C)NN1. The van der Waals surface area contributed by atoms with Crippen LogP contribution in [0.15, 0.2) is 29.4 Å². The number of amides is 1. The molecule has 2 unspecified atom stereocenters. The summed E-state index contributed by atoms with van der Waals surface area (Å²) >= 11 is 0. The molecular weight excluding hydrogens is 302 g/mol. The van der Waals surface area contributed by atoms with E-state index in [1.165, 1.54) is 0 Å². The van der Waals surface area contributed by atoms with Crippen molar-refractivity contribution in [3.05, 3.63) is 35.5 Å². The minimum absolute atomic E-state index is 0.104. The Balaban J connectivity index is 1.64. The van der Waals surface area contributed by atoms with Crippen LogP contribution in [0.25, 0.3) is 10.9 Å². The highest BCUT2D eigenvalue weighted by atomic mass is 16.2. The van der Waals surface area contributed by atoms with Crippen molar-refractivity contribution in [3.63, 3.8) is 0 Å². The van der Waals surface area contributed by atoms with Crippen LogP contribution in [0.3, 0.4) is 0 Å². The molecule has 0 radical (unpaired) electrons. The minimum Gasteiger partial charge on any atom is -0.358 e. The third-order valence-electron chi connectivity index (χ3n) is 4.58. The second kappa shape index (κ2) is 6.37. The molecule has 1 saturated heterocycles. The van der Waals surface area contributed by atoms with E-state index < -0.39 is 0 Å². The van der Waals surface area contributed by atoms with Gasteiger partial charge < -0.3 is 4.98 Å². The first-order valence-electron chi connectivity index (χ1n) is 8.27. The molecule has 0 aliphatic carbocycles. The van der Waals surface area contributed by atoms with E-state index >= 15 is 0 Å². The summed E-state index contributed by atoms with van der Waals surface area (Å²) in [5, 5.41) is 5.24. The maximum atomic E-state index is 12.3. The number of hydrazone groups is 1. The second-order valence-corrected chi connectivity index (χ2v) is 7.44. The van der Waals surface area contributed by atoms with Crippen molar-refractivity contribution in [2.75, 3.05) is 0 Å². The highest BCUT2D eigenvalue weighted by molar-refractivity contribution is 6.00. The van der Waals surface area contributed by atoms with Crippen LogP contribution in [-0.2, 0) is 4.79 Å². The summed E-state index contributed by atoms with van der Waals surface area (Å²) in [7, 11) is 0. The molecule has 1 aromatic heterocycles. The minimum atomic E-state index is -0.268. The van der Waals surface area contributed by atoms with Gasteiger partial charge in [0.05, 0.1) is 6.21 Å². The molecule has 24 heavy (non-hydrogen) atoms. The van der Waals surface area contributed by atoms with Crippen molar-refractivity contribution in [1.29, 1.82) is 0 Å². The lowest BCUT2D eigenvalue weighted by atomic mass is 9.84. The summed E-state index contributed by atoms with van der Waals surface area (Å²) in [6.45, 7) is 8.47. The number of nitrogens with one attached hydrogen (secondary N) is 4. The largest absolute Gasteiger partial charge is 0.358 e. The number of para-hydroxylation sites is 1. The van der Waals surface area contributed by atoms with Gasteiger partial charge in [-0.05, 0) is 24.8 Å². The molecule has 1 aromatic carbocycles. The molecule has 0 saturated carbocycles. The predicted octanol–water partition coefficient (Wildman–Crippen LogP) is 2.21. The van der Waals surface area contributed by atoms with Crippen molar-refractivity contribution in [2.45, 2.75) is 46.2 Å². The molecule has 3 rings (SSSR count). The molecule has 2 atom stereocenters. The average Bonchev–Trinajstić information content (AvgIpc) is 3.12. The van der Waals surface area contributed by atoms with Crippen LogP contribution in [0.5, 0.6) is 0 Å². The van der Waals surface area contributed by atoms with Crippen LogP contribution in [0, 0.1) is 12.3 Å². The molecule has 1 amide bonds. The Labute approximate surface area is 142 Å². The number of H-pyrrole nitrogens is 1. The zero-order valence-electron chi connectivity index (χ0n) is 14.6. The van der Waals surface area contributed by atoms with Gasteiger partial charge in [0.1, 0.15) is 6.04 Å². The first-order valence-corrected chi connectivity index (χ1v) is 8.27. The molecular formula is C18H25N5O. The summed E-state index contributed by atoms with van der Waals surface area (Å²) in [6, 6.07) is 8.04. The molecule has 0 spiro atoms. The van der Waals surface area contributed by atoms with E-state index in [1.54, 1.807) is 6.21 Å². The van der Waals surface area contributed by atoms with Crippen LogP contribution >= 0.6 is 0 Å². The molecule has 4 N–H and O–H groups in total. The van der Waals surface area contributed by atoms with E-state index in [9.17, 15) is 4.79 Å². The summed E-state index contributed by atoms with van der Waals surface area (Å²) in [4.78, 5) is 15.6. The normalized spacial score (nSPS) is 21.7. The van der Waals surface area contributed by atoms with Crippen LogP contribution < -0.4 is 16.3 Å². The van der Waals surface area contributed by atoms with Crippen LogP contribution in [0.4, 0.5) is 0 Å². The number of carbonyl (C=O) groups is 1. The first-order chi connectivity index (χ1) is 11.4. The van der Waals surface area contributed by atoms with E-state index in [1.807, 2.05) is 31.2 Å². The fraction of sp³-hybridized carbons (Fsp3) is 0.444. The Hall–Kier alpha value is -2.18. The van der Waals surface area contributed by atoms with E-state index in [-0.39, 0.29) is 23.4 Å². The Morgan fingerprint density at radius 1 is 1.29 bits per heavy atom. The lowest BCUT2D eigenvalue weighted by molar-refractivity contribution is -0.122. The lowest BCUT2D eigenvalue weighted by Gasteiger charge is -2.25. The Kier molecular flexibility index (Phi) is 4.43. The number of nitrogens with zero attached hydrogens (tertiary/aromatic N) is 1. The van der Waals surface area contributed by atoms with Gasteiger partial charge in [0.15, 0.2) is 0 Å². The number of aryl methyl sites for hydroxylation is 1. The third-order valence-corrected chi connectivity index (χ3v) is 4.58. The van der Waals surface area contributed by atoms with Gasteiger partial charge in [-0.1, -0.05) is 39.0 Å². The second-order valence-electron chi connectivity index (χ2n) is 7.44. The fourth-order valence-electron chi connectivity index (χ4n) is 3.00. The maximum absolute atomic E-state index is 12.3. The summed E-state index contributed by atoms with van der Waals surface area (Å²) in [5.41, 5.74) is 12.1. The number of carbonyl (C=O) groups excluding carboxylic acids is 1. The monoisotopic (exact) mass is 327 g/mol. The number of hydrogen-bond acceptors (Lipinski definition) is 4.